The van der Waals surface area contributed by atoms with Crippen LogP contribution in [0.2, 0.25) is 0 Å². The van der Waals surface area contributed by atoms with Gasteiger partial charge in [-0.25, -0.2) is 9.97 Å². The van der Waals surface area contributed by atoms with Crippen LogP contribution in [0, 0.1) is 0 Å². The Morgan fingerprint density at radius 1 is 1.52 bits per heavy atom. The van der Waals surface area contributed by atoms with Crippen LogP contribution < -0.4 is 4.72 Å². The molecule has 114 valence electrons. The van der Waals surface area contributed by atoms with Crippen LogP contribution in [0.3, 0.4) is 0 Å². The van der Waals surface area contributed by atoms with Crippen LogP contribution in [0.1, 0.15) is 18.5 Å². The first-order valence-electron chi connectivity index (χ1n) is 6.04. The summed E-state index contributed by atoms with van der Waals surface area (Å²) in [5.74, 6) is -0.860. The summed E-state index contributed by atoms with van der Waals surface area (Å²) < 4.78 is 27.9. The van der Waals surface area contributed by atoms with Crippen molar-refractivity contribution in [3.63, 3.8) is 0 Å². The van der Waals surface area contributed by atoms with Crippen molar-refractivity contribution < 1.29 is 18.3 Å². The molecule has 8 nitrogen and oxygen atoms in total. The Kier molecular flexibility index (Phi) is 4.58. The van der Waals surface area contributed by atoms with E-state index in [1.54, 1.807) is 12.4 Å². The predicted octanol–water partition coefficient (Wildman–Crippen LogP) is 1.08. The number of aromatic nitrogens is 3. The zero-order valence-electron chi connectivity index (χ0n) is 11.2. The van der Waals surface area contributed by atoms with E-state index < -0.39 is 16.0 Å². The Labute approximate surface area is 125 Å². The number of hydrogen-bond donors (Lipinski definition) is 2. The molecular formula is C11H14N4O4S2. The van der Waals surface area contributed by atoms with Gasteiger partial charge in [-0.15, -0.1) is 11.3 Å². The molecule has 2 heterocycles. The van der Waals surface area contributed by atoms with Gasteiger partial charge >= 0.3 is 5.97 Å². The van der Waals surface area contributed by atoms with E-state index in [4.69, 9.17) is 5.11 Å². The minimum absolute atomic E-state index is 0.0620. The summed E-state index contributed by atoms with van der Waals surface area (Å²) in [4.78, 5) is 18.3. The normalized spacial score (nSPS) is 11.5. The highest BCUT2D eigenvalue weighted by Gasteiger charge is 2.18. The van der Waals surface area contributed by atoms with Gasteiger partial charge in [-0.1, -0.05) is 0 Å². The zero-order valence-corrected chi connectivity index (χ0v) is 12.8. The van der Waals surface area contributed by atoms with Gasteiger partial charge in [-0.05, 0) is 12.8 Å². The molecular weight excluding hydrogens is 316 g/mol. The van der Waals surface area contributed by atoms with E-state index in [9.17, 15) is 13.2 Å². The second-order valence-electron chi connectivity index (χ2n) is 4.37. The molecule has 0 unspecified atom stereocenters. The SMILES string of the molecule is Cn1cnc(S(=O)(=O)Nc2nc(CCCC(=O)O)cs2)c1. The number of thiazole rings is 1. The number of nitrogens with one attached hydrogen (secondary N) is 1. The number of carbonyl (C=O) groups is 1. The van der Waals surface area contributed by atoms with Crippen molar-refractivity contribution >= 4 is 32.5 Å². The topological polar surface area (TPSA) is 114 Å². The molecule has 0 aliphatic carbocycles. The largest absolute Gasteiger partial charge is 0.481 e. The van der Waals surface area contributed by atoms with Gasteiger partial charge in [0.15, 0.2) is 10.2 Å². The van der Waals surface area contributed by atoms with E-state index in [1.165, 1.54) is 17.1 Å². The smallest absolute Gasteiger partial charge is 0.303 e. The number of rotatable bonds is 7. The zero-order chi connectivity index (χ0) is 15.5. The van der Waals surface area contributed by atoms with Crippen molar-refractivity contribution in [2.75, 3.05) is 4.72 Å². The summed E-state index contributed by atoms with van der Waals surface area (Å²) in [6.07, 6.45) is 3.81. The quantitative estimate of drug-likeness (QED) is 0.785. The second kappa shape index (κ2) is 6.22. The van der Waals surface area contributed by atoms with Gasteiger partial charge in [0, 0.05) is 25.0 Å². The van der Waals surface area contributed by atoms with Gasteiger partial charge in [-0.3, -0.25) is 9.52 Å². The van der Waals surface area contributed by atoms with Gasteiger partial charge in [0.25, 0.3) is 10.0 Å². The van der Waals surface area contributed by atoms with Gasteiger partial charge in [-0.2, -0.15) is 8.42 Å². The Bertz CT molecular complexity index is 735. The average Bonchev–Trinajstić information content (AvgIpc) is 2.98. The summed E-state index contributed by atoms with van der Waals surface area (Å²) in [6.45, 7) is 0. The highest BCUT2D eigenvalue weighted by Crippen LogP contribution is 2.20. The molecule has 2 aromatic rings. The Morgan fingerprint density at radius 3 is 2.90 bits per heavy atom. The highest BCUT2D eigenvalue weighted by molar-refractivity contribution is 7.92. The fraction of sp³-hybridized carbons (Fsp3) is 0.364. The lowest BCUT2D eigenvalue weighted by Gasteiger charge is -2.01. The van der Waals surface area contributed by atoms with Crippen molar-refractivity contribution in [2.24, 2.45) is 7.05 Å². The second-order valence-corrected chi connectivity index (χ2v) is 6.86. The molecule has 0 atom stereocenters. The van der Waals surface area contributed by atoms with E-state index in [-0.39, 0.29) is 16.6 Å². The number of carboxylic acid groups (broad SMARTS) is 1. The number of aliphatic carboxylic acids is 1. The lowest BCUT2D eigenvalue weighted by Crippen LogP contribution is -2.13. The first-order valence-corrected chi connectivity index (χ1v) is 8.40. The molecule has 0 radical (unpaired) electrons. The van der Waals surface area contributed by atoms with E-state index >= 15 is 0 Å². The molecule has 2 aromatic heterocycles. The van der Waals surface area contributed by atoms with E-state index in [0.717, 1.165) is 11.3 Å². The minimum atomic E-state index is -3.74. The summed E-state index contributed by atoms with van der Waals surface area (Å²) in [5.41, 5.74) is 0.667. The third kappa shape index (κ3) is 4.26. The van der Waals surface area contributed by atoms with Crippen LogP contribution in [-0.4, -0.2) is 34.0 Å². The summed E-state index contributed by atoms with van der Waals surface area (Å²) >= 11 is 1.15. The highest BCUT2D eigenvalue weighted by atomic mass is 32.2. The average molecular weight is 330 g/mol. The Balaban J connectivity index is 2.00. The molecule has 2 N–H and O–H groups in total. The van der Waals surface area contributed by atoms with Crippen LogP contribution in [0.25, 0.3) is 0 Å². The van der Waals surface area contributed by atoms with Crippen molar-refractivity contribution in [3.05, 3.63) is 23.6 Å². The fourth-order valence-corrected chi connectivity index (χ4v) is 3.57. The number of sulfonamides is 1. The molecule has 10 heteroatoms. The molecule has 0 saturated carbocycles. The third-order valence-electron chi connectivity index (χ3n) is 2.55. The van der Waals surface area contributed by atoms with E-state index in [1.807, 2.05) is 0 Å². The van der Waals surface area contributed by atoms with Crippen LogP contribution in [-0.2, 0) is 28.3 Å². The standard InChI is InChI=1S/C11H14N4O4S2/c1-15-5-9(12-7-15)21(18,19)14-11-13-8(6-20-11)3-2-4-10(16)17/h5-7H,2-4H2,1H3,(H,13,14)(H,16,17). The molecule has 0 aromatic carbocycles. The van der Waals surface area contributed by atoms with Crippen molar-refractivity contribution in [1.29, 1.82) is 0 Å². The van der Waals surface area contributed by atoms with Crippen molar-refractivity contribution in [2.45, 2.75) is 24.3 Å². The lowest BCUT2D eigenvalue weighted by atomic mass is 10.2. The molecule has 0 amide bonds. The van der Waals surface area contributed by atoms with Crippen molar-refractivity contribution in [1.82, 2.24) is 14.5 Å². The number of imidazole rings is 1. The molecule has 0 spiro atoms. The molecule has 0 saturated heterocycles. The molecule has 0 aliphatic rings. The molecule has 2 rings (SSSR count). The number of hydrogen-bond acceptors (Lipinski definition) is 6. The first kappa shape index (κ1) is 15.4. The number of carboxylic acids is 1. The van der Waals surface area contributed by atoms with Crippen LogP contribution in [0.5, 0.6) is 0 Å². The Morgan fingerprint density at radius 2 is 2.29 bits per heavy atom. The van der Waals surface area contributed by atoms with Gasteiger partial charge in [0.1, 0.15) is 0 Å². The van der Waals surface area contributed by atoms with Crippen molar-refractivity contribution in [3.8, 4) is 0 Å². The number of aryl methyl sites for hydroxylation is 2. The minimum Gasteiger partial charge on any atom is -0.481 e. The molecule has 21 heavy (non-hydrogen) atoms. The maximum Gasteiger partial charge on any atom is 0.303 e. The van der Waals surface area contributed by atoms with Crippen LogP contribution in [0.15, 0.2) is 22.9 Å². The fourth-order valence-electron chi connectivity index (χ4n) is 1.58. The molecule has 0 bridgehead atoms. The summed E-state index contributed by atoms with van der Waals surface area (Å²) in [5, 5.41) is 10.4. The molecule has 0 aliphatic heterocycles. The van der Waals surface area contributed by atoms with Crippen LogP contribution in [0.4, 0.5) is 5.13 Å². The van der Waals surface area contributed by atoms with Gasteiger partial charge in [0.05, 0.1) is 12.0 Å². The Hall–Kier alpha value is -1.94. The van der Waals surface area contributed by atoms with Gasteiger partial charge < -0.3 is 9.67 Å². The predicted molar refractivity (Wildman–Crippen MR) is 76.7 cm³/mol. The monoisotopic (exact) mass is 330 g/mol. The number of anilines is 1. The van der Waals surface area contributed by atoms with E-state index in [0.29, 0.717) is 18.5 Å². The lowest BCUT2D eigenvalue weighted by molar-refractivity contribution is -0.137. The maximum absolute atomic E-state index is 12.0. The summed E-state index contributed by atoms with van der Waals surface area (Å²) in [6, 6.07) is 0. The number of nitrogens with zero attached hydrogens (tertiary/aromatic N) is 3. The van der Waals surface area contributed by atoms with Crippen LogP contribution >= 0.6 is 11.3 Å². The maximum atomic E-state index is 12.0. The van der Waals surface area contributed by atoms with E-state index in [2.05, 4.69) is 14.7 Å². The third-order valence-corrected chi connectivity index (χ3v) is 4.71. The molecule has 0 fully saturated rings. The summed E-state index contributed by atoms with van der Waals surface area (Å²) in [7, 11) is -2.06. The first-order chi connectivity index (χ1) is 9.87. The van der Waals surface area contributed by atoms with Gasteiger partial charge in [0.2, 0.25) is 0 Å².